The molecule has 0 aliphatic carbocycles. The minimum Gasteiger partial charge on any atom is -0.507 e. The predicted octanol–water partition coefficient (Wildman–Crippen LogP) is 4.83. The lowest BCUT2D eigenvalue weighted by Gasteiger charge is -2.26. The Balaban J connectivity index is 1.72. The lowest BCUT2D eigenvalue weighted by atomic mass is 9.94. The molecule has 0 spiro atoms. The fraction of sp³-hybridized carbons (Fsp3) is 0.185. The van der Waals surface area contributed by atoms with Crippen LogP contribution in [0.5, 0.6) is 28.7 Å². The van der Waals surface area contributed by atoms with E-state index in [0.717, 1.165) is 0 Å². The number of ketones is 1. The van der Waals surface area contributed by atoms with Crippen LogP contribution in [0.15, 0.2) is 64.6 Å². The first kappa shape index (κ1) is 24.5. The Morgan fingerprint density at radius 2 is 1.59 bits per heavy atom. The number of amides is 1. The summed E-state index contributed by atoms with van der Waals surface area (Å²) in [6, 6.07) is 13.9. The van der Waals surface area contributed by atoms with Gasteiger partial charge in [-0.2, -0.15) is 0 Å². The number of benzene rings is 3. The van der Waals surface area contributed by atoms with Crippen LogP contribution in [0, 0.1) is 0 Å². The fourth-order valence-corrected chi connectivity index (χ4v) is 4.98. The Morgan fingerprint density at radius 1 is 0.892 bits per heavy atom. The first-order valence-corrected chi connectivity index (χ1v) is 11.9. The van der Waals surface area contributed by atoms with Crippen molar-refractivity contribution in [3.05, 3.63) is 75.8 Å². The molecule has 3 aromatic carbocycles. The molecule has 9 nitrogen and oxygen atoms in total. The van der Waals surface area contributed by atoms with Gasteiger partial charge in [0.1, 0.15) is 11.5 Å². The number of hydrogen-bond donors (Lipinski definition) is 1. The number of carbonyl (C=O) groups is 2. The lowest BCUT2D eigenvalue weighted by Crippen LogP contribution is -2.29. The molecule has 190 valence electrons. The van der Waals surface area contributed by atoms with Gasteiger partial charge in [-0.1, -0.05) is 6.07 Å². The number of hydrogen-bond acceptors (Lipinski definition) is 8. The first-order chi connectivity index (χ1) is 17.9. The molecule has 2 aliphatic heterocycles. The highest BCUT2D eigenvalue weighted by Gasteiger charge is 2.47. The van der Waals surface area contributed by atoms with E-state index in [-0.39, 0.29) is 18.1 Å². The van der Waals surface area contributed by atoms with Gasteiger partial charge in [0.15, 0.2) is 23.0 Å². The summed E-state index contributed by atoms with van der Waals surface area (Å²) >= 11 is 3.41. The molecule has 1 unspecified atom stereocenters. The monoisotopic (exact) mass is 567 g/mol. The maximum absolute atomic E-state index is 13.5. The van der Waals surface area contributed by atoms with Crippen molar-refractivity contribution in [1.29, 1.82) is 0 Å². The summed E-state index contributed by atoms with van der Waals surface area (Å²) in [5.41, 5.74) is 1.19. The van der Waals surface area contributed by atoms with Gasteiger partial charge in [-0.25, -0.2) is 0 Å². The molecule has 1 fully saturated rings. The second-order valence-electron chi connectivity index (χ2n) is 8.17. The van der Waals surface area contributed by atoms with Gasteiger partial charge in [0.05, 0.1) is 37.4 Å². The number of Topliss-reactive ketones (excluding diaryl/α,β-unsaturated/α-hetero) is 1. The molecule has 1 saturated heterocycles. The van der Waals surface area contributed by atoms with Crippen molar-refractivity contribution in [2.24, 2.45) is 0 Å². The number of halogens is 1. The largest absolute Gasteiger partial charge is 0.507 e. The van der Waals surface area contributed by atoms with E-state index in [9.17, 15) is 14.7 Å². The standard InChI is InChI=1S/C27H22BrNO8/c1-33-18-7-5-15(10-17(18)28)25(30)23-24(14-4-8-19(34-2)21(11-14)35-3)29(27(32)26(23)31)16-6-9-20-22(12-16)37-13-36-20/h4-12,24,30H,13H2,1-3H3/b25-23+. The van der Waals surface area contributed by atoms with Gasteiger partial charge in [-0.05, 0) is 64.0 Å². The maximum Gasteiger partial charge on any atom is 0.300 e. The van der Waals surface area contributed by atoms with Crippen molar-refractivity contribution in [2.75, 3.05) is 33.0 Å². The third-order valence-corrected chi connectivity index (χ3v) is 6.85. The topological polar surface area (TPSA) is 104 Å². The molecule has 2 aliphatic rings. The number of methoxy groups -OCH3 is 3. The molecule has 0 aromatic heterocycles. The van der Waals surface area contributed by atoms with Crippen molar-refractivity contribution in [3.63, 3.8) is 0 Å². The molecule has 0 bridgehead atoms. The molecule has 5 rings (SSSR count). The SMILES string of the molecule is COc1ccc(/C(O)=C2\C(=O)C(=O)N(c3ccc4c(c3)OCO4)C2c2ccc(OC)c(OC)c2)cc1Br. The van der Waals surface area contributed by atoms with Crippen molar-refractivity contribution in [2.45, 2.75) is 6.04 Å². The molecule has 1 atom stereocenters. The first-order valence-electron chi connectivity index (χ1n) is 11.1. The Labute approximate surface area is 220 Å². The number of ether oxygens (including phenoxy) is 5. The molecule has 3 aromatic rings. The number of anilines is 1. The molecule has 37 heavy (non-hydrogen) atoms. The van der Waals surface area contributed by atoms with Gasteiger partial charge in [0.25, 0.3) is 11.7 Å². The van der Waals surface area contributed by atoms with E-state index in [1.165, 1.54) is 26.2 Å². The van der Waals surface area contributed by atoms with E-state index in [4.69, 9.17) is 23.7 Å². The van der Waals surface area contributed by atoms with Crippen LogP contribution in [0.2, 0.25) is 0 Å². The van der Waals surface area contributed by atoms with Crippen LogP contribution in [-0.4, -0.2) is 44.9 Å². The minimum atomic E-state index is -0.971. The van der Waals surface area contributed by atoms with Crippen molar-refractivity contribution in [3.8, 4) is 28.7 Å². The highest BCUT2D eigenvalue weighted by molar-refractivity contribution is 9.10. The van der Waals surface area contributed by atoms with Crippen LogP contribution in [0.3, 0.4) is 0 Å². The van der Waals surface area contributed by atoms with Crippen LogP contribution < -0.4 is 28.6 Å². The summed E-state index contributed by atoms with van der Waals surface area (Å²) in [4.78, 5) is 28.2. The zero-order valence-electron chi connectivity index (χ0n) is 20.1. The van der Waals surface area contributed by atoms with Gasteiger partial charge >= 0.3 is 0 Å². The second-order valence-corrected chi connectivity index (χ2v) is 9.02. The third kappa shape index (κ3) is 4.13. The highest BCUT2D eigenvalue weighted by Crippen LogP contribution is 2.46. The van der Waals surface area contributed by atoms with Crippen LogP contribution in [-0.2, 0) is 9.59 Å². The van der Waals surface area contributed by atoms with Gasteiger partial charge < -0.3 is 28.8 Å². The summed E-state index contributed by atoms with van der Waals surface area (Å²) < 4.78 is 27.5. The fourth-order valence-electron chi connectivity index (χ4n) is 4.44. The van der Waals surface area contributed by atoms with E-state index >= 15 is 0 Å². The molecular formula is C27H22BrNO8. The molecule has 2 heterocycles. The number of aliphatic hydroxyl groups is 1. The van der Waals surface area contributed by atoms with E-state index in [1.807, 2.05) is 0 Å². The predicted molar refractivity (Wildman–Crippen MR) is 138 cm³/mol. The summed E-state index contributed by atoms with van der Waals surface area (Å²) in [5, 5.41) is 11.4. The lowest BCUT2D eigenvalue weighted by molar-refractivity contribution is -0.132. The van der Waals surface area contributed by atoms with E-state index in [1.54, 1.807) is 54.6 Å². The molecule has 0 saturated carbocycles. The molecule has 1 N–H and O–H groups in total. The smallest absolute Gasteiger partial charge is 0.300 e. The number of carbonyl (C=O) groups excluding carboxylic acids is 2. The van der Waals surface area contributed by atoms with Crippen molar-refractivity contribution >= 4 is 39.1 Å². The van der Waals surface area contributed by atoms with E-state index in [0.29, 0.717) is 50.0 Å². The Kier molecular flexibility index (Phi) is 6.43. The van der Waals surface area contributed by atoms with Crippen LogP contribution in [0.1, 0.15) is 17.2 Å². The van der Waals surface area contributed by atoms with Crippen molar-refractivity contribution in [1.82, 2.24) is 0 Å². The minimum absolute atomic E-state index is 0.0586. The zero-order chi connectivity index (χ0) is 26.3. The van der Waals surface area contributed by atoms with Gasteiger partial charge in [0, 0.05) is 17.3 Å². The summed E-state index contributed by atoms with van der Waals surface area (Å²) in [7, 11) is 4.52. The van der Waals surface area contributed by atoms with E-state index < -0.39 is 17.7 Å². The molecule has 0 radical (unpaired) electrons. The van der Waals surface area contributed by atoms with Gasteiger partial charge in [0.2, 0.25) is 6.79 Å². The highest BCUT2D eigenvalue weighted by atomic mass is 79.9. The van der Waals surface area contributed by atoms with Crippen LogP contribution >= 0.6 is 15.9 Å². The quantitative estimate of drug-likeness (QED) is 0.256. The zero-order valence-corrected chi connectivity index (χ0v) is 21.7. The number of aliphatic hydroxyl groups excluding tert-OH is 1. The Hall–Kier alpha value is -4.18. The summed E-state index contributed by atoms with van der Waals surface area (Å²) in [6.45, 7) is 0.0586. The number of fused-ring (bicyclic) bond motifs is 1. The molecular weight excluding hydrogens is 546 g/mol. The Bertz CT molecular complexity index is 1450. The third-order valence-electron chi connectivity index (χ3n) is 6.23. The van der Waals surface area contributed by atoms with Gasteiger partial charge in [-0.3, -0.25) is 14.5 Å². The second kappa shape index (κ2) is 9.70. The Morgan fingerprint density at radius 3 is 2.30 bits per heavy atom. The van der Waals surface area contributed by atoms with Crippen molar-refractivity contribution < 1.29 is 38.4 Å². The molecule has 10 heteroatoms. The van der Waals surface area contributed by atoms with Gasteiger partial charge in [-0.15, -0.1) is 0 Å². The van der Waals surface area contributed by atoms with Crippen LogP contribution in [0.4, 0.5) is 5.69 Å². The average molecular weight is 568 g/mol. The van der Waals surface area contributed by atoms with E-state index in [2.05, 4.69) is 15.9 Å². The molecule has 1 amide bonds. The number of rotatable bonds is 6. The summed E-state index contributed by atoms with van der Waals surface area (Å²) in [5.74, 6) is 0.456. The summed E-state index contributed by atoms with van der Waals surface area (Å²) in [6.07, 6.45) is 0. The van der Waals surface area contributed by atoms with Crippen LogP contribution in [0.25, 0.3) is 5.76 Å². The normalized spacial score (nSPS) is 17.7. The maximum atomic E-state index is 13.5. The average Bonchev–Trinajstić information content (AvgIpc) is 3.49. The number of nitrogens with zero attached hydrogens (tertiary/aromatic N) is 1.